The molecule has 2 aromatic carbocycles. The Hall–Kier alpha value is -3.19. The van der Waals surface area contributed by atoms with Crippen molar-refractivity contribution in [1.29, 1.82) is 0 Å². The number of hydrogen-bond donors (Lipinski definition) is 2. The number of piperazine rings is 1. The Bertz CT molecular complexity index is 965. The Morgan fingerprint density at radius 2 is 1.61 bits per heavy atom. The zero-order chi connectivity index (χ0) is 22.4. The molecule has 1 heterocycles. The quantitative estimate of drug-likeness (QED) is 0.776. The number of urea groups is 1. The van der Waals surface area contributed by atoms with Gasteiger partial charge in [-0.05, 0) is 43.5 Å². The average molecular weight is 423 g/mol. The summed E-state index contributed by atoms with van der Waals surface area (Å²) in [6.07, 6.45) is 0.395. The number of nitrogens with one attached hydrogen (secondary N) is 2. The Morgan fingerprint density at radius 3 is 2.29 bits per heavy atom. The summed E-state index contributed by atoms with van der Waals surface area (Å²) in [6.45, 7) is 8.38. The van der Waals surface area contributed by atoms with Crippen LogP contribution in [0.5, 0.6) is 0 Å². The van der Waals surface area contributed by atoms with Gasteiger partial charge in [0.2, 0.25) is 11.8 Å². The average Bonchev–Trinajstić information content (AvgIpc) is 2.72. The SMILES string of the molecule is Cc1ccc(NC(=O)NC(=O)CN2CCN(C(=O)Cc3ccccc3C)CC2)c(C)c1. The molecule has 1 saturated heterocycles. The molecule has 2 N–H and O–H groups in total. The fourth-order valence-corrected chi connectivity index (χ4v) is 3.72. The van der Waals surface area contributed by atoms with E-state index in [0.29, 0.717) is 38.3 Å². The van der Waals surface area contributed by atoms with Crippen LogP contribution in [0.25, 0.3) is 0 Å². The van der Waals surface area contributed by atoms with Crippen molar-refractivity contribution >= 4 is 23.5 Å². The Balaban J connectivity index is 1.41. The maximum atomic E-state index is 12.6. The number of aryl methyl sites for hydroxylation is 3. The van der Waals surface area contributed by atoms with Crippen LogP contribution in [-0.2, 0) is 16.0 Å². The minimum absolute atomic E-state index is 0.103. The van der Waals surface area contributed by atoms with Crippen LogP contribution in [0.1, 0.15) is 22.3 Å². The lowest BCUT2D eigenvalue weighted by Gasteiger charge is -2.34. The van der Waals surface area contributed by atoms with Gasteiger partial charge in [-0.1, -0.05) is 42.0 Å². The van der Waals surface area contributed by atoms with Crippen LogP contribution >= 0.6 is 0 Å². The van der Waals surface area contributed by atoms with Gasteiger partial charge in [-0.3, -0.25) is 19.8 Å². The molecular weight excluding hydrogens is 392 g/mol. The van der Waals surface area contributed by atoms with E-state index in [-0.39, 0.29) is 18.4 Å². The van der Waals surface area contributed by atoms with E-state index in [1.54, 1.807) is 0 Å². The van der Waals surface area contributed by atoms with Gasteiger partial charge in [0.05, 0.1) is 13.0 Å². The summed E-state index contributed by atoms with van der Waals surface area (Å²) < 4.78 is 0. The van der Waals surface area contributed by atoms with E-state index in [0.717, 1.165) is 22.3 Å². The zero-order valence-corrected chi connectivity index (χ0v) is 18.4. The molecule has 0 unspecified atom stereocenters. The first kappa shape index (κ1) is 22.5. The molecule has 31 heavy (non-hydrogen) atoms. The summed E-state index contributed by atoms with van der Waals surface area (Å²) in [6, 6.07) is 13.1. The molecule has 7 nitrogen and oxygen atoms in total. The number of carbonyl (C=O) groups is 3. The normalized spacial score (nSPS) is 14.2. The van der Waals surface area contributed by atoms with Crippen LogP contribution in [0.2, 0.25) is 0 Å². The second kappa shape index (κ2) is 10.2. The number of anilines is 1. The van der Waals surface area contributed by atoms with E-state index >= 15 is 0 Å². The van der Waals surface area contributed by atoms with Crippen molar-refractivity contribution < 1.29 is 14.4 Å². The predicted molar refractivity (Wildman–Crippen MR) is 121 cm³/mol. The monoisotopic (exact) mass is 422 g/mol. The maximum absolute atomic E-state index is 12.6. The van der Waals surface area contributed by atoms with E-state index in [9.17, 15) is 14.4 Å². The molecular formula is C24H30N4O3. The van der Waals surface area contributed by atoms with Crippen molar-refractivity contribution in [3.8, 4) is 0 Å². The molecule has 0 radical (unpaired) electrons. The van der Waals surface area contributed by atoms with Gasteiger partial charge in [-0.2, -0.15) is 0 Å². The van der Waals surface area contributed by atoms with E-state index in [4.69, 9.17) is 0 Å². The van der Waals surface area contributed by atoms with Gasteiger partial charge < -0.3 is 10.2 Å². The highest BCUT2D eigenvalue weighted by molar-refractivity contribution is 6.02. The summed E-state index contributed by atoms with van der Waals surface area (Å²) in [5, 5.41) is 5.09. The van der Waals surface area contributed by atoms with Crippen LogP contribution in [0, 0.1) is 20.8 Å². The van der Waals surface area contributed by atoms with E-state index < -0.39 is 6.03 Å². The van der Waals surface area contributed by atoms with Gasteiger partial charge in [0.15, 0.2) is 0 Å². The zero-order valence-electron chi connectivity index (χ0n) is 18.4. The van der Waals surface area contributed by atoms with Crippen LogP contribution in [0.15, 0.2) is 42.5 Å². The van der Waals surface area contributed by atoms with Crippen molar-refractivity contribution in [2.75, 3.05) is 38.0 Å². The molecule has 0 aliphatic carbocycles. The first-order chi connectivity index (χ1) is 14.8. The van der Waals surface area contributed by atoms with Gasteiger partial charge in [-0.25, -0.2) is 4.79 Å². The third kappa shape index (κ3) is 6.39. The van der Waals surface area contributed by atoms with Crippen molar-refractivity contribution in [2.24, 2.45) is 0 Å². The number of amides is 4. The fourth-order valence-electron chi connectivity index (χ4n) is 3.72. The van der Waals surface area contributed by atoms with Crippen molar-refractivity contribution in [1.82, 2.24) is 15.1 Å². The van der Waals surface area contributed by atoms with E-state index in [1.165, 1.54) is 0 Å². The van der Waals surface area contributed by atoms with Crippen LogP contribution in [0.4, 0.5) is 10.5 Å². The Morgan fingerprint density at radius 1 is 0.903 bits per heavy atom. The largest absolute Gasteiger partial charge is 0.340 e. The standard InChI is InChI=1S/C24H30N4O3/c1-17-8-9-21(19(3)14-17)25-24(31)26-22(29)16-27-10-12-28(13-11-27)23(30)15-20-7-5-4-6-18(20)2/h4-9,14H,10-13,15-16H2,1-3H3,(H2,25,26,29,31). The lowest BCUT2D eigenvalue weighted by atomic mass is 10.1. The molecule has 0 aromatic heterocycles. The fraction of sp³-hybridized carbons (Fsp3) is 0.375. The second-order valence-electron chi connectivity index (χ2n) is 8.08. The highest BCUT2D eigenvalue weighted by Crippen LogP contribution is 2.15. The molecule has 3 rings (SSSR count). The lowest BCUT2D eigenvalue weighted by Crippen LogP contribution is -2.52. The van der Waals surface area contributed by atoms with Gasteiger partial charge >= 0.3 is 6.03 Å². The third-order valence-electron chi connectivity index (χ3n) is 5.58. The molecule has 1 aliphatic heterocycles. The maximum Gasteiger partial charge on any atom is 0.325 e. The number of hydrogen-bond acceptors (Lipinski definition) is 4. The topological polar surface area (TPSA) is 81.8 Å². The smallest absolute Gasteiger partial charge is 0.325 e. The first-order valence-electron chi connectivity index (χ1n) is 10.5. The van der Waals surface area contributed by atoms with Crippen molar-refractivity contribution in [3.63, 3.8) is 0 Å². The summed E-state index contributed by atoms with van der Waals surface area (Å²) >= 11 is 0. The molecule has 1 fully saturated rings. The molecule has 0 bridgehead atoms. The van der Waals surface area contributed by atoms with Crippen LogP contribution < -0.4 is 10.6 Å². The second-order valence-corrected chi connectivity index (χ2v) is 8.08. The first-order valence-corrected chi connectivity index (χ1v) is 10.5. The number of carbonyl (C=O) groups excluding carboxylic acids is 3. The molecule has 0 atom stereocenters. The summed E-state index contributed by atoms with van der Waals surface area (Å²) in [4.78, 5) is 40.8. The Kier molecular flexibility index (Phi) is 7.41. The summed E-state index contributed by atoms with van der Waals surface area (Å²) in [7, 11) is 0. The van der Waals surface area contributed by atoms with Gasteiger partial charge in [0.25, 0.3) is 0 Å². The van der Waals surface area contributed by atoms with Gasteiger partial charge in [-0.15, -0.1) is 0 Å². The molecule has 164 valence electrons. The number of rotatable bonds is 5. The molecule has 2 aromatic rings. The Labute approximate surface area is 183 Å². The highest BCUT2D eigenvalue weighted by Gasteiger charge is 2.23. The molecule has 1 aliphatic rings. The van der Waals surface area contributed by atoms with Crippen LogP contribution in [0.3, 0.4) is 0 Å². The number of benzene rings is 2. The van der Waals surface area contributed by atoms with Crippen molar-refractivity contribution in [2.45, 2.75) is 27.2 Å². The van der Waals surface area contributed by atoms with Gasteiger partial charge in [0.1, 0.15) is 0 Å². The van der Waals surface area contributed by atoms with Gasteiger partial charge in [0, 0.05) is 31.9 Å². The summed E-state index contributed by atoms with van der Waals surface area (Å²) in [5.74, 6) is -0.256. The lowest BCUT2D eigenvalue weighted by molar-refractivity contribution is -0.132. The molecule has 4 amide bonds. The minimum atomic E-state index is -0.538. The minimum Gasteiger partial charge on any atom is -0.340 e. The number of imide groups is 1. The molecule has 0 spiro atoms. The third-order valence-corrected chi connectivity index (χ3v) is 5.58. The van der Waals surface area contributed by atoms with E-state index in [2.05, 4.69) is 10.6 Å². The van der Waals surface area contributed by atoms with E-state index in [1.807, 2.05) is 73.0 Å². The molecule has 7 heteroatoms. The summed E-state index contributed by atoms with van der Waals surface area (Å²) in [5.41, 5.74) is 4.89. The highest BCUT2D eigenvalue weighted by atomic mass is 16.2. The molecule has 0 saturated carbocycles. The van der Waals surface area contributed by atoms with Crippen LogP contribution in [-0.4, -0.2) is 60.4 Å². The van der Waals surface area contributed by atoms with Crippen molar-refractivity contribution in [3.05, 3.63) is 64.7 Å². The number of nitrogens with zero attached hydrogens (tertiary/aromatic N) is 2. The predicted octanol–water partition coefficient (Wildman–Crippen LogP) is 2.65.